The van der Waals surface area contributed by atoms with Gasteiger partial charge in [0.05, 0.1) is 5.92 Å². The van der Waals surface area contributed by atoms with Gasteiger partial charge in [-0.3, -0.25) is 9.59 Å². The summed E-state index contributed by atoms with van der Waals surface area (Å²) in [5, 5.41) is 8.67. The number of likely N-dealkylation sites (tertiary alicyclic amines) is 1. The number of amides is 1. The molecular formula is C8H14N2O3. The van der Waals surface area contributed by atoms with Gasteiger partial charge in [0, 0.05) is 19.5 Å². The van der Waals surface area contributed by atoms with Crippen LogP contribution >= 0.6 is 0 Å². The average molecular weight is 186 g/mol. The van der Waals surface area contributed by atoms with Gasteiger partial charge in [-0.1, -0.05) is 0 Å². The first-order chi connectivity index (χ1) is 6.15. The average Bonchev–Trinajstić information content (AvgIpc) is 2.44. The number of hydrogen-bond acceptors (Lipinski definition) is 3. The highest BCUT2D eigenvalue weighted by Gasteiger charge is 2.33. The summed E-state index contributed by atoms with van der Waals surface area (Å²) in [5.74, 6) is -1.48. The maximum atomic E-state index is 11.2. The van der Waals surface area contributed by atoms with E-state index < -0.39 is 11.9 Å². The third-order valence-corrected chi connectivity index (χ3v) is 2.20. The fourth-order valence-corrected chi connectivity index (χ4v) is 1.44. The number of aliphatic carboxylic acids is 1. The van der Waals surface area contributed by atoms with Gasteiger partial charge in [0.1, 0.15) is 0 Å². The molecule has 0 bridgehead atoms. The minimum atomic E-state index is -0.886. The van der Waals surface area contributed by atoms with Crippen molar-refractivity contribution in [1.29, 1.82) is 0 Å². The number of rotatable bonds is 4. The summed E-state index contributed by atoms with van der Waals surface area (Å²) in [6.07, 6.45) is 0.873. The number of carboxylic acid groups (broad SMARTS) is 1. The van der Waals surface area contributed by atoms with Gasteiger partial charge in [-0.05, 0) is 13.0 Å². The van der Waals surface area contributed by atoms with E-state index in [1.54, 1.807) is 4.90 Å². The van der Waals surface area contributed by atoms with Gasteiger partial charge in [-0.2, -0.15) is 0 Å². The lowest BCUT2D eigenvalue weighted by atomic mass is 10.1. The van der Waals surface area contributed by atoms with Gasteiger partial charge in [0.2, 0.25) is 5.91 Å². The molecule has 1 atom stereocenters. The molecule has 1 fully saturated rings. The summed E-state index contributed by atoms with van der Waals surface area (Å²) in [7, 11) is 0. The molecule has 0 aliphatic carbocycles. The van der Waals surface area contributed by atoms with E-state index in [1.165, 1.54) is 0 Å². The smallest absolute Gasteiger partial charge is 0.308 e. The van der Waals surface area contributed by atoms with E-state index in [9.17, 15) is 9.59 Å². The first kappa shape index (κ1) is 9.98. The second-order valence-electron chi connectivity index (χ2n) is 3.22. The molecule has 1 aliphatic heterocycles. The number of carboxylic acids is 1. The number of carbonyl (C=O) groups is 2. The van der Waals surface area contributed by atoms with Crippen LogP contribution in [0.2, 0.25) is 0 Å². The Labute approximate surface area is 76.5 Å². The molecule has 5 nitrogen and oxygen atoms in total. The van der Waals surface area contributed by atoms with Crippen molar-refractivity contribution in [2.24, 2.45) is 11.7 Å². The van der Waals surface area contributed by atoms with Crippen molar-refractivity contribution in [3.63, 3.8) is 0 Å². The molecule has 0 saturated carbocycles. The zero-order valence-corrected chi connectivity index (χ0v) is 7.40. The van der Waals surface area contributed by atoms with Crippen LogP contribution in [0, 0.1) is 5.92 Å². The van der Waals surface area contributed by atoms with Gasteiger partial charge >= 0.3 is 5.97 Å². The molecule has 0 radical (unpaired) electrons. The lowest BCUT2D eigenvalue weighted by molar-refractivity contribution is -0.141. The molecule has 0 aromatic rings. The molecule has 0 unspecified atom stereocenters. The van der Waals surface area contributed by atoms with Crippen LogP contribution in [0.5, 0.6) is 0 Å². The zero-order valence-electron chi connectivity index (χ0n) is 7.40. The molecule has 1 aliphatic rings. The summed E-state index contributed by atoms with van der Waals surface area (Å²) in [4.78, 5) is 23.4. The highest BCUT2D eigenvalue weighted by atomic mass is 16.4. The van der Waals surface area contributed by atoms with Gasteiger partial charge in [-0.25, -0.2) is 0 Å². The quantitative estimate of drug-likeness (QED) is 0.606. The van der Waals surface area contributed by atoms with Crippen LogP contribution in [0.1, 0.15) is 12.8 Å². The molecule has 0 spiro atoms. The Hall–Kier alpha value is -1.10. The SMILES string of the molecule is NCCCN1C[C@@H](C(=O)O)CC1=O. The molecule has 13 heavy (non-hydrogen) atoms. The van der Waals surface area contributed by atoms with Crippen molar-refractivity contribution < 1.29 is 14.7 Å². The van der Waals surface area contributed by atoms with Crippen molar-refractivity contribution in [3.8, 4) is 0 Å². The minimum Gasteiger partial charge on any atom is -0.481 e. The highest BCUT2D eigenvalue weighted by Crippen LogP contribution is 2.17. The number of carbonyl (C=O) groups excluding carboxylic acids is 1. The molecule has 1 heterocycles. The zero-order chi connectivity index (χ0) is 9.84. The fourth-order valence-electron chi connectivity index (χ4n) is 1.44. The van der Waals surface area contributed by atoms with Crippen molar-refractivity contribution >= 4 is 11.9 Å². The Morgan fingerprint density at radius 1 is 1.69 bits per heavy atom. The Kier molecular flexibility index (Phi) is 3.25. The lowest BCUT2D eigenvalue weighted by Crippen LogP contribution is -2.28. The van der Waals surface area contributed by atoms with E-state index in [-0.39, 0.29) is 12.3 Å². The van der Waals surface area contributed by atoms with Crippen LogP contribution in [0.15, 0.2) is 0 Å². The third kappa shape index (κ3) is 2.42. The van der Waals surface area contributed by atoms with E-state index in [4.69, 9.17) is 10.8 Å². The van der Waals surface area contributed by atoms with Crippen LogP contribution in [0.4, 0.5) is 0 Å². The van der Waals surface area contributed by atoms with Crippen LogP contribution < -0.4 is 5.73 Å². The molecular weight excluding hydrogens is 172 g/mol. The summed E-state index contributed by atoms with van der Waals surface area (Å²) in [6, 6.07) is 0. The Morgan fingerprint density at radius 3 is 2.85 bits per heavy atom. The molecule has 5 heteroatoms. The molecule has 0 aromatic heterocycles. The first-order valence-electron chi connectivity index (χ1n) is 4.35. The van der Waals surface area contributed by atoms with Crippen LogP contribution in [-0.2, 0) is 9.59 Å². The Balaban J connectivity index is 2.42. The van der Waals surface area contributed by atoms with E-state index >= 15 is 0 Å². The topological polar surface area (TPSA) is 83.6 Å². The first-order valence-corrected chi connectivity index (χ1v) is 4.35. The van der Waals surface area contributed by atoms with Gasteiger partial charge < -0.3 is 15.7 Å². The van der Waals surface area contributed by atoms with E-state index in [1.807, 2.05) is 0 Å². The Morgan fingerprint density at radius 2 is 2.38 bits per heavy atom. The normalized spacial score (nSPS) is 22.4. The molecule has 1 rings (SSSR count). The highest BCUT2D eigenvalue weighted by molar-refractivity contribution is 5.86. The number of nitrogens with two attached hydrogens (primary N) is 1. The maximum Gasteiger partial charge on any atom is 0.308 e. The molecule has 1 saturated heterocycles. The van der Waals surface area contributed by atoms with E-state index in [0.717, 1.165) is 6.42 Å². The van der Waals surface area contributed by atoms with Crippen molar-refractivity contribution in [1.82, 2.24) is 4.90 Å². The standard InChI is InChI=1S/C8H14N2O3/c9-2-1-3-10-5-6(8(12)13)4-7(10)11/h6H,1-5,9H2,(H,12,13)/t6-/m0/s1. The van der Waals surface area contributed by atoms with Crippen LogP contribution in [-0.4, -0.2) is 41.5 Å². The van der Waals surface area contributed by atoms with Crippen molar-refractivity contribution in [2.45, 2.75) is 12.8 Å². The predicted octanol–water partition coefficient (Wildman–Crippen LogP) is -0.732. The summed E-state index contributed by atoms with van der Waals surface area (Å²) < 4.78 is 0. The van der Waals surface area contributed by atoms with E-state index in [2.05, 4.69) is 0 Å². The summed E-state index contributed by atoms with van der Waals surface area (Å²) >= 11 is 0. The molecule has 1 amide bonds. The lowest BCUT2D eigenvalue weighted by Gasteiger charge is -2.14. The third-order valence-electron chi connectivity index (χ3n) is 2.20. The van der Waals surface area contributed by atoms with Gasteiger partial charge in [-0.15, -0.1) is 0 Å². The van der Waals surface area contributed by atoms with Crippen LogP contribution in [0.3, 0.4) is 0 Å². The van der Waals surface area contributed by atoms with Crippen molar-refractivity contribution in [2.75, 3.05) is 19.6 Å². The van der Waals surface area contributed by atoms with E-state index in [0.29, 0.717) is 19.6 Å². The monoisotopic (exact) mass is 186 g/mol. The van der Waals surface area contributed by atoms with Gasteiger partial charge in [0.25, 0.3) is 0 Å². The van der Waals surface area contributed by atoms with Crippen LogP contribution in [0.25, 0.3) is 0 Å². The molecule has 74 valence electrons. The largest absolute Gasteiger partial charge is 0.481 e. The van der Waals surface area contributed by atoms with Gasteiger partial charge in [0.15, 0.2) is 0 Å². The number of hydrogen-bond donors (Lipinski definition) is 2. The minimum absolute atomic E-state index is 0.0687. The predicted molar refractivity (Wildman–Crippen MR) is 46.0 cm³/mol. The molecule has 3 N–H and O–H groups in total. The molecule has 0 aromatic carbocycles. The Bertz CT molecular complexity index is 217. The van der Waals surface area contributed by atoms with Crippen molar-refractivity contribution in [3.05, 3.63) is 0 Å². The maximum absolute atomic E-state index is 11.2. The fraction of sp³-hybridized carbons (Fsp3) is 0.750. The summed E-state index contributed by atoms with van der Waals surface area (Å²) in [6.45, 7) is 1.45. The number of nitrogens with zero attached hydrogens (tertiary/aromatic N) is 1. The second-order valence-corrected chi connectivity index (χ2v) is 3.22. The second kappa shape index (κ2) is 4.23. The summed E-state index contributed by atoms with van der Waals surface area (Å²) in [5.41, 5.74) is 5.29.